The monoisotopic (exact) mass is 465 g/mol. The van der Waals surface area contributed by atoms with E-state index in [9.17, 15) is 13.2 Å². The fraction of sp³-hybridized carbons (Fsp3) is 0.240. The molecule has 7 nitrogen and oxygen atoms in total. The Hall–Kier alpha value is -3.36. The molecule has 4 rings (SSSR count). The van der Waals surface area contributed by atoms with Crippen molar-refractivity contribution in [2.45, 2.75) is 30.8 Å². The number of nitrogens with one attached hydrogen (secondary N) is 1. The molecule has 2 aromatic carbocycles. The van der Waals surface area contributed by atoms with Crippen LogP contribution in [0.1, 0.15) is 28.7 Å². The summed E-state index contributed by atoms with van der Waals surface area (Å²) in [6.45, 7) is 2.41. The first-order chi connectivity index (χ1) is 15.8. The Bertz CT molecular complexity index is 1360. The number of hydrogen-bond donors (Lipinski definition) is 1. The van der Waals surface area contributed by atoms with Crippen LogP contribution in [0.3, 0.4) is 0 Å². The first-order valence-electron chi connectivity index (χ1n) is 10.7. The zero-order valence-corrected chi connectivity index (χ0v) is 19.7. The van der Waals surface area contributed by atoms with Gasteiger partial charge in [-0.05, 0) is 48.9 Å². The molecule has 0 spiro atoms. The number of fused-ring (bicyclic) bond motifs is 1. The Morgan fingerprint density at radius 1 is 1.06 bits per heavy atom. The molecular weight excluding hydrogens is 438 g/mol. The van der Waals surface area contributed by atoms with Crippen LogP contribution in [-0.4, -0.2) is 43.3 Å². The number of furan rings is 1. The average Bonchev–Trinajstić information content (AvgIpc) is 3.42. The molecule has 2 aromatic heterocycles. The molecule has 0 aliphatic rings. The molecule has 0 aliphatic carbocycles. The van der Waals surface area contributed by atoms with Crippen molar-refractivity contribution in [1.29, 1.82) is 0 Å². The van der Waals surface area contributed by atoms with Gasteiger partial charge in [-0.1, -0.05) is 30.3 Å². The highest BCUT2D eigenvalue weighted by atomic mass is 32.2. The van der Waals surface area contributed by atoms with E-state index in [0.29, 0.717) is 24.0 Å². The minimum atomic E-state index is -3.59. The largest absolute Gasteiger partial charge is 0.469 e. The third kappa shape index (κ3) is 4.86. The second kappa shape index (κ2) is 9.25. The van der Waals surface area contributed by atoms with Gasteiger partial charge in [0.15, 0.2) is 0 Å². The van der Waals surface area contributed by atoms with E-state index in [4.69, 9.17) is 4.42 Å². The Labute approximate surface area is 193 Å². The standard InChI is InChI=1S/C25H27N3O4S/c1-18(14-21-10-7-13-32-21)26-25(29)24-16-20-15-22(33(30,31)27(2)3)11-12-23(20)28(24)17-19-8-5-4-6-9-19/h4-13,15-16,18H,14,17H2,1-3H3,(H,26,29)/t18-/m1/s1. The van der Waals surface area contributed by atoms with E-state index in [1.807, 2.05) is 54.0 Å². The number of nitrogens with zero attached hydrogens (tertiary/aromatic N) is 2. The van der Waals surface area contributed by atoms with E-state index in [-0.39, 0.29) is 16.8 Å². The van der Waals surface area contributed by atoms with Crippen LogP contribution in [0.4, 0.5) is 0 Å². The van der Waals surface area contributed by atoms with E-state index in [1.54, 1.807) is 30.5 Å². The molecule has 1 amide bonds. The van der Waals surface area contributed by atoms with Crippen LogP contribution in [0.15, 0.2) is 82.3 Å². The maximum absolute atomic E-state index is 13.3. The topological polar surface area (TPSA) is 84.5 Å². The van der Waals surface area contributed by atoms with E-state index in [0.717, 1.165) is 16.8 Å². The third-order valence-corrected chi connectivity index (χ3v) is 7.34. The molecular formula is C25H27N3O4S. The fourth-order valence-electron chi connectivity index (χ4n) is 3.82. The van der Waals surface area contributed by atoms with Crippen LogP contribution in [0.2, 0.25) is 0 Å². The van der Waals surface area contributed by atoms with Gasteiger partial charge < -0.3 is 14.3 Å². The summed E-state index contributed by atoms with van der Waals surface area (Å²) in [6.07, 6.45) is 2.18. The van der Waals surface area contributed by atoms with E-state index in [1.165, 1.54) is 18.4 Å². The van der Waals surface area contributed by atoms with Crippen LogP contribution >= 0.6 is 0 Å². The zero-order valence-electron chi connectivity index (χ0n) is 18.9. The number of carbonyl (C=O) groups is 1. The molecule has 8 heteroatoms. The molecule has 0 aliphatic heterocycles. The summed E-state index contributed by atoms with van der Waals surface area (Å²) in [5.41, 5.74) is 2.30. The molecule has 0 saturated carbocycles. The van der Waals surface area contributed by atoms with Crippen molar-refractivity contribution in [3.8, 4) is 0 Å². The van der Waals surface area contributed by atoms with Gasteiger partial charge in [-0.25, -0.2) is 12.7 Å². The highest BCUT2D eigenvalue weighted by Gasteiger charge is 2.22. The summed E-state index contributed by atoms with van der Waals surface area (Å²) in [6, 6.07) is 20.1. The number of aromatic nitrogens is 1. The molecule has 0 unspecified atom stereocenters. The molecule has 0 fully saturated rings. The third-order valence-electron chi connectivity index (χ3n) is 5.53. The lowest BCUT2D eigenvalue weighted by Gasteiger charge is -2.15. The Morgan fingerprint density at radius 3 is 2.48 bits per heavy atom. The van der Waals surface area contributed by atoms with Crippen LogP contribution in [0.5, 0.6) is 0 Å². The van der Waals surface area contributed by atoms with Gasteiger partial charge in [-0.3, -0.25) is 4.79 Å². The first-order valence-corrected chi connectivity index (χ1v) is 12.1. The van der Waals surface area contributed by atoms with Crippen molar-refractivity contribution in [3.05, 3.63) is 90.0 Å². The number of rotatable bonds is 8. The predicted molar refractivity (Wildman–Crippen MR) is 128 cm³/mol. The zero-order chi connectivity index (χ0) is 23.6. The maximum Gasteiger partial charge on any atom is 0.268 e. The second-order valence-electron chi connectivity index (χ2n) is 8.27. The predicted octanol–water partition coefficient (Wildman–Crippen LogP) is 3.89. The number of benzene rings is 2. The van der Waals surface area contributed by atoms with Gasteiger partial charge in [0.05, 0.1) is 11.2 Å². The molecule has 4 aromatic rings. The number of hydrogen-bond acceptors (Lipinski definition) is 4. The highest BCUT2D eigenvalue weighted by Crippen LogP contribution is 2.26. The Kier molecular flexibility index (Phi) is 6.40. The van der Waals surface area contributed by atoms with Crippen molar-refractivity contribution in [3.63, 3.8) is 0 Å². The average molecular weight is 466 g/mol. The van der Waals surface area contributed by atoms with Crippen molar-refractivity contribution in [2.24, 2.45) is 0 Å². The molecule has 0 radical (unpaired) electrons. The van der Waals surface area contributed by atoms with Gasteiger partial charge in [0, 0.05) is 44.0 Å². The lowest BCUT2D eigenvalue weighted by Crippen LogP contribution is -2.35. The number of carbonyl (C=O) groups excluding carboxylic acids is 1. The summed E-state index contributed by atoms with van der Waals surface area (Å²) in [5, 5.41) is 3.73. The van der Waals surface area contributed by atoms with E-state index >= 15 is 0 Å². The number of amides is 1. The van der Waals surface area contributed by atoms with Crippen molar-refractivity contribution in [1.82, 2.24) is 14.2 Å². The van der Waals surface area contributed by atoms with Crippen LogP contribution < -0.4 is 5.32 Å². The molecule has 0 bridgehead atoms. The lowest BCUT2D eigenvalue weighted by molar-refractivity contribution is 0.0930. The summed E-state index contributed by atoms with van der Waals surface area (Å²) in [5.74, 6) is 0.573. The van der Waals surface area contributed by atoms with Gasteiger partial charge in [0.2, 0.25) is 10.0 Å². The molecule has 0 saturated heterocycles. The minimum absolute atomic E-state index is 0.142. The van der Waals surface area contributed by atoms with Crippen LogP contribution in [0, 0.1) is 0 Å². The Morgan fingerprint density at radius 2 is 1.82 bits per heavy atom. The summed E-state index contributed by atoms with van der Waals surface area (Å²) in [4.78, 5) is 13.5. The van der Waals surface area contributed by atoms with Gasteiger partial charge >= 0.3 is 0 Å². The maximum atomic E-state index is 13.3. The molecule has 172 valence electrons. The molecule has 33 heavy (non-hydrogen) atoms. The number of sulfonamides is 1. The first kappa shape index (κ1) is 22.8. The van der Waals surface area contributed by atoms with E-state index < -0.39 is 10.0 Å². The van der Waals surface area contributed by atoms with Crippen molar-refractivity contribution in [2.75, 3.05) is 14.1 Å². The summed E-state index contributed by atoms with van der Waals surface area (Å²) in [7, 11) is -0.587. The van der Waals surface area contributed by atoms with Gasteiger partial charge in [-0.2, -0.15) is 0 Å². The summed E-state index contributed by atoms with van der Waals surface area (Å²) >= 11 is 0. The highest BCUT2D eigenvalue weighted by molar-refractivity contribution is 7.89. The second-order valence-corrected chi connectivity index (χ2v) is 10.4. The minimum Gasteiger partial charge on any atom is -0.469 e. The SMILES string of the molecule is C[C@H](Cc1ccco1)NC(=O)c1cc2cc(S(=O)(=O)N(C)C)ccc2n1Cc1ccccc1. The Balaban J connectivity index is 1.72. The molecule has 2 heterocycles. The smallest absolute Gasteiger partial charge is 0.268 e. The quantitative estimate of drug-likeness (QED) is 0.428. The lowest BCUT2D eigenvalue weighted by atomic mass is 10.2. The van der Waals surface area contributed by atoms with Crippen LogP contribution in [0.25, 0.3) is 10.9 Å². The van der Waals surface area contributed by atoms with Crippen LogP contribution in [-0.2, 0) is 23.0 Å². The normalized spacial score (nSPS) is 12.8. The van der Waals surface area contributed by atoms with Gasteiger partial charge in [-0.15, -0.1) is 0 Å². The van der Waals surface area contributed by atoms with Crippen molar-refractivity contribution >= 4 is 26.8 Å². The summed E-state index contributed by atoms with van der Waals surface area (Å²) < 4.78 is 33.7. The van der Waals surface area contributed by atoms with Gasteiger partial charge in [0.25, 0.3) is 5.91 Å². The van der Waals surface area contributed by atoms with E-state index in [2.05, 4.69) is 5.32 Å². The molecule has 1 atom stereocenters. The van der Waals surface area contributed by atoms with Crippen molar-refractivity contribution < 1.29 is 17.6 Å². The fourth-order valence-corrected chi connectivity index (χ4v) is 4.76. The van der Waals surface area contributed by atoms with Gasteiger partial charge in [0.1, 0.15) is 11.5 Å². The molecule has 1 N–H and O–H groups in total.